The first-order valence-electron chi connectivity index (χ1n) is 10.6. The molecule has 1 aromatic heterocycles. The number of alkyl halides is 1. The van der Waals surface area contributed by atoms with E-state index in [9.17, 15) is 4.39 Å². The third-order valence-electron chi connectivity index (χ3n) is 4.70. The Hall–Kier alpha value is -2.95. The van der Waals surface area contributed by atoms with Crippen LogP contribution in [-0.2, 0) is 0 Å². The van der Waals surface area contributed by atoms with Crippen LogP contribution in [0.15, 0.2) is 60.9 Å². The quantitative estimate of drug-likeness (QED) is 0.339. The van der Waals surface area contributed by atoms with E-state index in [-0.39, 0.29) is 6.61 Å². The molecule has 0 fully saturated rings. The molecule has 4 nitrogen and oxygen atoms in total. The van der Waals surface area contributed by atoms with E-state index in [2.05, 4.69) is 16.9 Å². The molecule has 3 rings (SSSR count). The van der Waals surface area contributed by atoms with Crippen LogP contribution in [0.4, 0.5) is 4.39 Å². The molecular weight excluding hydrogens is 379 g/mol. The highest BCUT2D eigenvalue weighted by molar-refractivity contribution is 5.64. The van der Waals surface area contributed by atoms with Gasteiger partial charge in [-0.15, -0.1) is 0 Å². The lowest BCUT2D eigenvalue weighted by atomic mass is 10.1. The van der Waals surface area contributed by atoms with Crippen LogP contribution in [0.5, 0.6) is 11.5 Å². The molecule has 2 aromatic carbocycles. The zero-order valence-corrected chi connectivity index (χ0v) is 17.7. The third kappa shape index (κ3) is 6.55. The van der Waals surface area contributed by atoms with Crippen molar-refractivity contribution in [3.05, 3.63) is 60.9 Å². The summed E-state index contributed by atoms with van der Waals surface area (Å²) in [6.07, 6.45) is 7.40. The number of rotatable bonds is 11. The van der Waals surface area contributed by atoms with E-state index in [1.54, 1.807) is 12.4 Å². The number of hydrogen-bond acceptors (Lipinski definition) is 4. The van der Waals surface area contributed by atoms with Crippen LogP contribution in [0.1, 0.15) is 39.5 Å². The van der Waals surface area contributed by atoms with Crippen LogP contribution < -0.4 is 9.47 Å². The van der Waals surface area contributed by atoms with Crippen LogP contribution in [0.25, 0.3) is 22.5 Å². The molecular formula is C25H29FN2O2. The second-order valence-electron chi connectivity index (χ2n) is 7.34. The van der Waals surface area contributed by atoms with Crippen molar-refractivity contribution in [2.75, 3.05) is 13.2 Å². The third-order valence-corrected chi connectivity index (χ3v) is 4.70. The van der Waals surface area contributed by atoms with Gasteiger partial charge in [0.05, 0.1) is 6.61 Å². The molecule has 0 aliphatic heterocycles. The van der Waals surface area contributed by atoms with Gasteiger partial charge in [0.2, 0.25) is 0 Å². The normalized spacial score (nSPS) is 11.8. The lowest BCUT2D eigenvalue weighted by Gasteiger charge is -2.08. The van der Waals surface area contributed by atoms with Crippen LogP contribution in [0.3, 0.4) is 0 Å². The summed E-state index contributed by atoms with van der Waals surface area (Å²) in [5.41, 5.74) is 2.84. The van der Waals surface area contributed by atoms with Gasteiger partial charge in [0, 0.05) is 23.5 Å². The van der Waals surface area contributed by atoms with Crippen molar-refractivity contribution in [2.45, 2.75) is 45.7 Å². The average Bonchev–Trinajstić information content (AvgIpc) is 2.78. The zero-order chi connectivity index (χ0) is 21.2. The SMILES string of the molecule is CCCCCCOc1ccc(-c2ncc(-c3ccc(OCC(C)F)cc3)cn2)cc1. The fourth-order valence-corrected chi connectivity index (χ4v) is 3.00. The zero-order valence-electron chi connectivity index (χ0n) is 17.7. The first-order valence-corrected chi connectivity index (χ1v) is 10.6. The Morgan fingerprint density at radius 2 is 1.37 bits per heavy atom. The molecule has 1 atom stereocenters. The molecule has 1 heterocycles. The van der Waals surface area contributed by atoms with E-state index >= 15 is 0 Å². The Kier molecular flexibility index (Phi) is 8.19. The van der Waals surface area contributed by atoms with Gasteiger partial charge in [-0.3, -0.25) is 0 Å². The summed E-state index contributed by atoms with van der Waals surface area (Å²) in [5, 5.41) is 0. The van der Waals surface area contributed by atoms with Crippen LogP contribution >= 0.6 is 0 Å². The van der Waals surface area contributed by atoms with E-state index in [1.165, 1.54) is 26.2 Å². The number of hydrogen-bond donors (Lipinski definition) is 0. The minimum atomic E-state index is -0.989. The average molecular weight is 409 g/mol. The largest absolute Gasteiger partial charge is 0.494 e. The van der Waals surface area contributed by atoms with Gasteiger partial charge in [-0.25, -0.2) is 14.4 Å². The van der Waals surface area contributed by atoms with Crippen molar-refractivity contribution in [2.24, 2.45) is 0 Å². The van der Waals surface area contributed by atoms with E-state index < -0.39 is 6.17 Å². The highest BCUT2D eigenvalue weighted by Crippen LogP contribution is 2.24. The van der Waals surface area contributed by atoms with Crippen LogP contribution in [0.2, 0.25) is 0 Å². The highest BCUT2D eigenvalue weighted by atomic mass is 19.1. The topological polar surface area (TPSA) is 44.2 Å². The summed E-state index contributed by atoms with van der Waals surface area (Å²) in [7, 11) is 0. The number of nitrogens with zero attached hydrogens (tertiary/aromatic N) is 2. The molecule has 0 saturated carbocycles. The standard InChI is InChI=1S/C25H29FN2O2/c1-3-4-5-6-15-29-23-13-9-21(10-14-23)25-27-16-22(17-28-25)20-7-11-24(12-8-20)30-18-19(2)26/h7-14,16-17,19H,3-6,15,18H2,1-2H3. The van der Waals surface area contributed by atoms with Crippen molar-refractivity contribution in [3.8, 4) is 34.0 Å². The van der Waals surface area contributed by atoms with Gasteiger partial charge in [-0.05, 0) is 55.3 Å². The van der Waals surface area contributed by atoms with Crippen molar-refractivity contribution in [1.29, 1.82) is 0 Å². The monoisotopic (exact) mass is 408 g/mol. The Bertz CT molecular complexity index is 879. The molecule has 3 aromatic rings. The Morgan fingerprint density at radius 1 is 0.767 bits per heavy atom. The fourth-order valence-electron chi connectivity index (χ4n) is 3.00. The molecule has 0 bridgehead atoms. The summed E-state index contributed by atoms with van der Waals surface area (Å²) in [4.78, 5) is 9.00. The van der Waals surface area contributed by atoms with Crippen LogP contribution in [0, 0.1) is 0 Å². The first-order chi connectivity index (χ1) is 14.7. The van der Waals surface area contributed by atoms with E-state index in [1.807, 2.05) is 48.5 Å². The van der Waals surface area contributed by atoms with Crippen molar-refractivity contribution in [3.63, 3.8) is 0 Å². The molecule has 5 heteroatoms. The Morgan fingerprint density at radius 3 is 1.97 bits per heavy atom. The maximum Gasteiger partial charge on any atom is 0.159 e. The summed E-state index contributed by atoms with van der Waals surface area (Å²) in [5.74, 6) is 2.19. The molecule has 30 heavy (non-hydrogen) atoms. The van der Waals surface area contributed by atoms with Gasteiger partial charge >= 0.3 is 0 Å². The molecule has 0 radical (unpaired) electrons. The molecule has 0 aliphatic rings. The summed E-state index contributed by atoms with van der Waals surface area (Å²) >= 11 is 0. The van der Waals surface area contributed by atoms with Gasteiger partial charge in [0.25, 0.3) is 0 Å². The van der Waals surface area contributed by atoms with Gasteiger partial charge in [0.1, 0.15) is 24.3 Å². The maximum atomic E-state index is 12.9. The van der Waals surface area contributed by atoms with Gasteiger partial charge in [-0.2, -0.15) is 0 Å². The second-order valence-corrected chi connectivity index (χ2v) is 7.34. The van der Waals surface area contributed by atoms with Crippen molar-refractivity contribution in [1.82, 2.24) is 9.97 Å². The number of benzene rings is 2. The molecule has 0 saturated heterocycles. The molecule has 0 spiro atoms. The molecule has 158 valence electrons. The van der Waals surface area contributed by atoms with Gasteiger partial charge in [0.15, 0.2) is 5.82 Å². The van der Waals surface area contributed by atoms with Crippen molar-refractivity contribution < 1.29 is 13.9 Å². The molecule has 0 N–H and O–H groups in total. The fraction of sp³-hybridized carbons (Fsp3) is 0.360. The molecule has 1 unspecified atom stereocenters. The minimum Gasteiger partial charge on any atom is -0.494 e. The number of ether oxygens (including phenoxy) is 2. The van der Waals surface area contributed by atoms with E-state index in [0.29, 0.717) is 11.6 Å². The van der Waals surface area contributed by atoms with E-state index in [0.717, 1.165) is 35.5 Å². The molecule has 0 amide bonds. The Balaban J connectivity index is 1.57. The summed E-state index contributed by atoms with van der Waals surface area (Å²) < 4.78 is 24.0. The predicted octanol–water partition coefficient (Wildman–Crippen LogP) is 6.51. The lowest BCUT2D eigenvalue weighted by Crippen LogP contribution is -2.08. The first kappa shape index (κ1) is 21.8. The van der Waals surface area contributed by atoms with Gasteiger partial charge < -0.3 is 9.47 Å². The van der Waals surface area contributed by atoms with Crippen molar-refractivity contribution >= 4 is 0 Å². The molecule has 0 aliphatic carbocycles. The van der Waals surface area contributed by atoms with Crippen LogP contribution in [-0.4, -0.2) is 29.4 Å². The highest BCUT2D eigenvalue weighted by Gasteiger charge is 2.05. The second kappa shape index (κ2) is 11.3. The number of aromatic nitrogens is 2. The maximum absolute atomic E-state index is 12.9. The smallest absolute Gasteiger partial charge is 0.159 e. The minimum absolute atomic E-state index is 0.0554. The number of unbranched alkanes of at least 4 members (excludes halogenated alkanes) is 3. The Labute approximate surface area is 178 Å². The van der Waals surface area contributed by atoms with E-state index in [4.69, 9.17) is 9.47 Å². The van der Waals surface area contributed by atoms with Gasteiger partial charge in [-0.1, -0.05) is 38.3 Å². The number of halogens is 1. The predicted molar refractivity (Wildman–Crippen MR) is 119 cm³/mol. The summed E-state index contributed by atoms with van der Waals surface area (Å²) in [6.45, 7) is 4.49. The summed E-state index contributed by atoms with van der Waals surface area (Å²) in [6, 6.07) is 15.4. The lowest BCUT2D eigenvalue weighted by molar-refractivity contribution is 0.210.